The highest BCUT2D eigenvalue weighted by atomic mass is 32.2. The molecule has 3 heterocycles. The van der Waals surface area contributed by atoms with Gasteiger partial charge in [-0.25, -0.2) is 4.90 Å². The molecule has 4 aromatic rings. The first-order valence-electron chi connectivity index (χ1n) is 8.65. The number of imide groups is 1. The van der Waals surface area contributed by atoms with Crippen LogP contribution < -0.4 is 4.90 Å². The Morgan fingerprint density at radius 3 is 2.75 bits per heavy atom. The first kappa shape index (κ1) is 16.7. The molecule has 1 unspecified atom stereocenters. The quantitative estimate of drug-likeness (QED) is 0.538. The maximum atomic E-state index is 13.0. The number of rotatable bonds is 4. The molecule has 0 spiro atoms. The standard InChI is InChI=1S/C19H14N6O2S/c26-17-11-16(28-19-21-22-23-25(19)13-4-2-1-3-5-13)18(27)24(17)14-7-6-12-8-9-20-15(12)10-14/h1-10,16,20H,11H2. The summed E-state index contributed by atoms with van der Waals surface area (Å²) in [5, 5.41) is 12.7. The Bertz CT molecular complexity index is 1190. The average Bonchev–Trinajstić information content (AvgIpc) is 3.42. The van der Waals surface area contributed by atoms with E-state index in [0.29, 0.717) is 10.8 Å². The smallest absolute Gasteiger partial charge is 0.247 e. The van der Waals surface area contributed by atoms with E-state index in [4.69, 9.17) is 0 Å². The molecule has 1 aliphatic heterocycles. The fraction of sp³-hybridized carbons (Fsp3) is 0.105. The number of aromatic nitrogens is 5. The fourth-order valence-corrected chi connectivity index (χ4v) is 4.27. The Morgan fingerprint density at radius 1 is 1.04 bits per heavy atom. The molecule has 1 saturated heterocycles. The van der Waals surface area contributed by atoms with Crippen molar-refractivity contribution in [2.24, 2.45) is 0 Å². The Labute approximate surface area is 163 Å². The number of amides is 2. The van der Waals surface area contributed by atoms with Gasteiger partial charge in [-0.2, -0.15) is 4.68 Å². The number of para-hydroxylation sites is 1. The summed E-state index contributed by atoms with van der Waals surface area (Å²) in [6.45, 7) is 0. The number of hydrogen-bond donors (Lipinski definition) is 1. The number of nitrogens with zero attached hydrogens (tertiary/aromatic N) is 5. The van der Waals surface area contributed by atoms with Crippen molar-refractivity contribution in [1.82, 2.24) is 25.2 Å². The van der Waals surface area contributed by atoms with E-state index in [9.17, 15) is 9.59 Å². The summed E-state index contributed by atoms with van der Waals surface area (Å²) in [5.41, 5.74) is 2.23. The normalized spacial score (nSPS) is 17.0. The van der Waals surface area contributed by atoms with Gasteiger partial charge in [0.1, 0.15) is 5.25 Å². The number of tetrazole rings is 1. The minimum absolute atomic E-state index is 0.105. The highest BCUT2D eigenvalue weighted by Crippen LogP contribution is 2.34. The molecule has 0 aliphatic carbocycles. The topological polar surface area (TPSA) is 96.8 Å². The van der Waals surface area contributed by atoms with E-state index >= 15 is 0 Å². The number of fused-ring (bicyclic) bond motifs is 1. The van der Waals surface area contributed by atoms with Gasteiger partial charge in [0, 0.05) is 18.1 Å². The van der Waals surface area contributed by atoms with Crippen molar-refractivity contribution in [1.29, 1.82) is 0 Å². The van der Waals surface area contributed by atoms with E-state index in [0.717, 1.165) is 16.6 Å². The predicted molar refractivity (Wildman–Crippen MR) is 104 cm³/mol. The molecule has 2 aromatic carbocycles. The largest absolute Gasteiger partial charge is 0.361 e. The molecule has 9 heteroatoms. The van der Waals surface area contributed by atoms with Crippen LogP contribution in [0.3, 0.4) is 0 Å². The summed E-state index contributed by atoms with van der Waals surface area (Å²) >= 11 is 1.20. The van der Waals surface area contributed by atoms with Crippen molar-refractivity contribution in [2.45, 2.75) is 16.8 Å². The Morgan fingerprint density at radius 2 is 1.89 bits per heavy atom. The van der Waals surface area contributed by atoms with Gasteiger partial charge in [-0.05, 0) is 46.1 Å². The van der Waals surface area contributed by atoms with E-state index in [1.807, 2.05) is 54.7 Å². The maximum Gasteiger partial charge on any atom is 0.247 e. The van der Waals surface area contributed by atoms with Crippen LogP contribution in [0.15, 0.2) is 66.0 Å². The highest BCUT2D eigenvalue weighted by molar-refractivity contribution is 8.00. The molecule has 2 aromatic heterocycles. The Hall–Kier alpha value is -3.46. The molecule has 1 atom stereocenters. The van der Waals surface area contributed by atoms with Crippen LogP contribution in [0, 0.1) is 0 Å². The zero-order valence-electron chi connectivity index (χ0n) is 14.5. The molecule has 1 N–H and O–H groups in total. The van der Waals surface area contributed by atoms with Gasteiger partial charge >= 0.3 is 0 Å². The molecular weight excluding hydrogens is 376 g/mol. The molecule has 0 radical (unpaired) electrons. The zero-order valence-corrected chi connectivity index (χ0v) is 15.3. The Balaban J connectivity index is 1.42. The van der Waals surface area contributed by atoms with Crippen molar-refractivity contribution in [2.75, 3.05) is 4.90 Å². The molecule has 8 nitrogen and oxygen atoms in total. The van der Waals surface area contributed by atoms with Gasteiger partial charge in [0.25, 0.3) is 0 Å². The first-order chi connectivity index (χ1) is 13.7. The first-order valence-corrected chi connectivity index (χ1v) is 9.53. The molecule has 2 amide bonds. The number of thioether (sulfide) groups is 1. The maximum absolute atomic E-state index is 13.0. The SMILES string of the molecule is O=C1CC(Sc2nnnn2-c2ccccc2)C(=O)N1c1ccc2cc[nH]c2c1. The number of carbonyl (C=O) groups is 2. The van der Waals surface area contributed by atoms with E-state index in [2.05, 4.69) is 20.5 Å². The van der Waals surface area contributed by atoms with Crippen molar-refractivity contribution in [3.8, 4) is 5.69 Å². The predicted octanol–water partition coefficient (Wildman–Crippen LogP) is 2.57. The number of H-pyrrole nitrogens is 1. The van der Waals surface area contributed by atoms with Crippen LogP contribution in [0.4, 0.5) is 5.69 Å². The van der Waals surface area contributed by atoms with Crippen molar-refractivity contribution in [3.63, 3.8) is 0 Å². The molecule has 1 aliphatic rings. The van der Waals surface area contributed by atoms with Gasteiger partial charge in [-0.15, -0.1) is 5.10 Å². The lowest BCUT2D eigenvalue weighted by atomic mass is 10.2. The molecule has 1 fully saturated rings. The third-order valence-electron chi connectivity index (χ3n) is 4.59. The average molecular weight is 390 g/mol. The van der Waals surface area contributed by atoms with Gasteiger partial charge in [0.2, 0.25) is 17.0 Å². The lowest BCUT2D eigenvalue weighted by molar-refractivity contribution is -0.121. The monoisotopic (exact) mass is 390 g/mol. The number of hydrogen-bond acceptors (Lipinski definition) is 6. The lowest BCUT2D eigenvalue weighted by Crippen LogP contribution is -2.31. The molecule has 5 rings (SSSR count). The van der Waals surface area contributed by atoms with Crippen LogP contribution in [0.2, 0.25) is 0 Å². The number of benzene rings is 2. The number of anilines is 1. The van der Waals surface area contributed by atoms with Crippen LogP contribution in [0.1, 0.15) is 6.42 Å². The fourth-order valence-electron chi connectivity index (χ4n) is 3.25. The second-order valence-electron chi connectivity index (χ2n) is 6.34. The van der Waals surface area contributed by atoms with E-state index in [1.54, 1.807) is 10.7 Å². The minimum Gasteiger partial charge on any atom is -0.361 e. The van der Waals surface area contributed by atoms with Gasteiger partial charge in [-0.3, -0.25) is 9.59 Å². The summed E-state index contributed by atoms with van der Waals surface area (Å²) in [7, 11) is 0. The van der Waals surface area contributed by atoms with Crippen molar-refractivity contribution < 1.29 is 9.59 Å². The highest BCUT2D eigenvalue weighted by Gasteiger charge is 2.41. The van der Waals surface area contributed by atoms with E-state index in [1.165, 1.54) is 16.7 Å². The number of carbonyl (C=O) groups excluding carboxylic acids is 2. The van der Waals surface area contributed by atoms with Crippen molar-refractivity contribution in [3.05, 3.63) is 60.8 Å². The number of nitrogens with one attached hydrogen (secondary N) is 1. The molecule has 0 saturated carbocycles. The van der Waals surface area contributed by atoms with Crippen molar-refractivity contribution >= 4 is 40.2 Å². The van der Waals surface area contributed by atoms with Crippen LogP contribution in [0.25, 0.3) is 16.6 Å². The van der Waals surface area contributed by atoms with Crippen LogP contribution in [-0.2, 0) is 9.59 Å². The third-order valence-corrected chi connectivity index (χ3v) is 5.71. The number of aromatic amines is 1. The molecule has 138 valence electrons. The summed E-state index contributed by atoms with van der Waals surface area (Å²) in [5.74, 6) is -0.490. The summed E-state index contributed by atoms with van der Waals surface area (Å²) in [6, 6.07) is 16.8. The lowest BCUT2D eigenvalue weighted by Gasteiger charge is -2.15. The van der Waals surface area contributed by atoms with Gasteiger partial charge < -0.3 is 4.98 Å². The minimum atomic E-state index is -0.569. The van der Waals surface area contributed by atoms with E-state index < -0.39 is 5.25 Å². The van der Waals surface area contributed by atoms with E-state index in [-0.39, 0.29) is 18.2 Å². The Kier molecular flexibility index (Phi) is 3.94. The van der Waals surface area contributed by atoms with Gasteiger partial charge in [0.15, 0.2) is 0 Å². The summed E-state index contributed by atoms with van der Waals surface area (Å²) in [6.07, 6.45) is 1.93. The summed E-state index contributed by atoms with van der Waals surface area (Å²) < 4.78 is 1.57. The van der Waals surface area contributed by atoms with Gasteiger partial charge in [-0.1, -0.05) is 36.0 Å². The second-order valence-corrected chi connectivity index (χ2v) is 7.51. The molecule has 28 heavy (non-hydrogen) atoms. The van der Waals surface area contributed by atoms with Crippen LogP contribution in [0.5, 0.6) is 0 Å². The summed E-state index contributed by atoms with van der Waals surface area (Å²) in [4.78, 5) is 29.9. The molecule has 0 bridgehead atoms. The molecular formula is C19H14N6O2S. The van der Waals surface area contributed by atoms with Gasteiger partial charge in [0.05, 0.1) is 11.4 Å². The van der Waals surface area contributed by atoms with Crippen LogP contribution >= 0.6 is 11.8 Å². The van der Waals surface area contributed by atoms with Crippen LogP contribution in [-0.4, -0.2) is 42.3 Å². The third kappa shape index (κ3) is 2.76. The second kappa shape index (κ2) is 6.61. The zero-order chi connectivity index (χ0) is 19.1.